The van der Waals surface area contributed by atoms with Gasteiger partial charge >= 0.3 is 0 Å². The van der Waals surface area contributed by atoms with E-state index in [-0.39, 0.29) is 11.7 Å². The van der Waals surface area contributed by atoms with Crippen LogP contribution in [0.2, 0.25) is 0 Å². The first kappa shape index (κ1) is 18.7. The van der Waals surface area contributed by atoms with E-state index in [1.54, 1.807) is 44.2 Å². The Morgan fingerprint density at radius 3 is 2.17 bits per heavy atom. The molecule has 6 heteroatoms. The first-order valence-corrected chi connectivity index (χ1v) is 9.43. The zero-order valence-corrected chi connectivity index (χ0v) is 15.2. The van der Waals surface area contributed by atoms with E-state index in [0.29, 0.717) is 5.30 Å². The summed E-state index contributed by atoms with van der Waals surface area (Å²) in [6.45, 7) is 3.46. The van der Waals surface area contributed by atoms with Crippen molar-refractivity contribution in [2.24, 2.45) is 0 Å². The van der Waals surface area contributed by atoms with Gasteiger partial charge in [-0.3, -0.25) is 4.57 Å². The number of nitrogens with zero attached hydrogens (tertiary/aromatic N) is 1. The first-order valence-electron chi connectivity index (χ1n) is 7.74. The molecule has 24 heavy (non-hydrogen) atoms. The largest absolute Gasteiger partial charge is 0.378 e. The second kappa shape index (κ2) is 7.47. The summed E-state index contributed by atoms with van der Waals surface area (Å²) >= 11 is 0. The number of aliphatic hydroxyl groups is 1. The molecule has 0 saturated carbocycles. The van der Waals surface area contributed by atoms with Crippen LogP contribution in [0, 0.1) is 5.82 Å². The molecular formula is C18H23FNO3P. The van der Waals surface area contributed by atoms with Crippen molar-refractivity contribution in [1.29, 1.82) is 0 Å². The lowest BCUT2D eigenvalue weighted by Gasteiger charge is -2.27. The van der Waals surface area contributed by atoms with Crippen molar-refractivity contribution in [3.63, 3.8) is 0 Å². The minimum atomic E-state index is -3.72. The van der Waals surface area contributed by atoms with Gasteiger partial charge in [0, 0.05) is 30.7 Å². The van der Waals surface area contributed by atoms with Gasteiger partial charge in [0.25, 0.3) is 7.37 Å². The highest BCUT2D eigenvalue weighted by Crippen LogP contribution is 2.58. The van der Waals surface area contributed by atoms with Crippen molar-refractivity contribution in [2.45, 2.75) is 25.8 Å². The molecule has 0 aliphatic carbocycles. The Balaban J connectivity index is 2.50. The Hall–Kier alpha value is -1.68. The lowest BCUT2D eigenvalue weighted by Crippen LogP contribution is -2.18. The zero-order valence-electron chi connectivity index (χ0n) is 14.3. The maximum absolute atomic E-state index is 14.1. The molecule has 0 amide bonds. The third kappa shape index (κ3) is 3.86. The van der Waals surface area contributed by atoms with Crippen LogP contribution in [0.5, 0.6) is 0 Å². The van der Waals surface area contributed by atoms with Gasteiger partial charge in [-0.25, -0.2) is 4.39 Å². The lowest BCUT2D eigenvalue weighted by molar-refractivity contribution is 0.186. The summed E-state index contributed by atoms with van der Waals surface area (Å²) in [6.07, 6.45) is -0.384. The second-order valence-corrected chi connectivity index (χ2v) is 8.47. The van der Waals surface area contributed by atoms with E-state index in [4.69, 9.17) is 4.52 Å². The highest BCUT2D eigenvalue weighted by molar-refractivity contribution is 7.67. The number of aliphatic hydroxyl groups excluding tert-OH is 1. The molecule has 0 unspecified atom stereocenters. The topological polar surface area (TPSA) is 49.8 Å². The van der Waals surface area contributed by atoms with Gasteiger partial charge in [0.2, 0.25) is 0 Å². The van der Waals surface area contributed by atoms with Gasteiger partial charge in [-0.05, 0) is 44.2 Å². The Morgan fingerprint density at radius 1 is 1.08 bits per heavy atom. The third-order valence-electron chi connectivity index (χ3n) is 3.60. The van der Waals surface area contributed by atoms with E-state index in [9.17, 15) is 14.1 Å². The maximum Gasteiger partial charge on any atom is 0.264 e. The van der Waals surface area contributed by atoms with Crippen molar-refractivity contribution in [1.82, 2.24) is 0 Å². The van der Waals surface area contributed by atoms with E-state index < -0.39 is 19.0 Å². The van der Waals surface area contributed by atoms with Crippen molar-refractivity contribution >= 4 is 18.4 Å². The molecule has 0 aliphatic rings. The van der Waals surface area contributed by atoms with Gasteiger partial charge in [0.05, 0.1) is 6.10 Å². The smallest absolute Gasteiger partial charge is 0.264 e. The van der Waals surface area contributed by atoms with Crippen LogP contribution < -0.4 is 10.2 Å². The standard InChI is InChI=1S/C18H23FNO3P/c1-13(2)23-24(22,15-11-9-14(10-12-15)20(3)4)18(21)16-7-5-6-8-17(16)19/h5-13,18,21H,1-4H3/t18-,24+/m0/s1. The van der Waals surface area contributed by atoms with Crippen LogP contribution in [0.15, 0.2) is 48.5 Å². The number of halogens is 1. The summed E-state index contributed by atoms with van der Waals surface area (Å²) in [5.41, 5.74) is 0.897. The van der Waals surface area contributed by atoms with Crippen LogP contribution in [0.3, 0.4) is 0 Å². The lowest BCUT2D eigenvalue weighted by atomic mass is 10.2. The summed E-state index contributed by atoms with van der Waals surface area (Å²) < 4.78 is 33.2. The molecule has 1 N–H and O–H groups in total. The molecular weight excluding hydrogens is 328 g/mol. The average molecular weight is 351 g/mol. The molecule has 2 atom stereocenters. The van der Waals surface area contributed by atoms with Crippen LogP contribution in [0.1, 0.15) is 25.3 Å². The van der Waals surface area contributed by atoms with Gasteiger partial charge < -0.3 is 14.5 Å². The minimum absolute atomic E-state index is 0.0295. The van der Waals surface area contributed by atoms with Crippen molar-refractivity contribution in [2.75, 3.05) is 19.0 Å². The summed E-state index contributed by atoms with van der Waals surface area (Å²) in [4.78, 5) is 1.91. The molecule has 0 radical (unpaired) electrons. The van der Waals surface area contributed by atoms with E-state index in [2.05, 4.69) is 0 Å². The molecule has 2 aromatic carbocycles. The van der Waals surface area contributed by atoms with Gasteiger partial charge in [-0.15, -0.1) is 0 Å². The van der Waals surface area contributed by atoms with Crippen molar-refractivity contribution in [3.8, 4) is 0 Å². The van der Waals surface area contributed by atoms with Crippen LogP contribution >= 0.6 is 7.37 Å². The molecule has 0 spiro atoms. The maximum atomic E-state index is 14.1. The molecule has 0 fully saturated rings. The fraction of sp³-hybridized carbons (Fsp3) is 0.333. The first-order chi connectivity index (χ1) is 11.3. The Morgan fingerprint density at radius 2 is 1.67 bits per heavy atom. The fourth-order valence-electron chi connectivity index (χ4n) is 2.40. The Kier molecular flexibility index (Phi) is 5.81. The summed E-state index contributed by atoms with van der Waals surface area (Å²) in [5.74, 6) is -2.17. The highest BCUT2D eigenvalue weighted by Gasteiger charge is 2.38. The molecule has 130 valence electrons. The monoisotopic (exact) mass is 351 g/mol. The fourth-order valence-corrected chi connectivity index (χ4v) is 4.69. The number of anilines is 1. The van der Waals surface area contributed by atoms with Gasteiger partial charge in [-0.2, -0.15) is 0 Å². The van der Waals surface area contributed by atoms with E-state index in [1.165, 1.54) is 18.2 Å². The number of hydrogen-bond acceptors (Lipinski definition) is 4. The van der Waals surface area contributed by atoms with Gasteiger partial charge in [0.1, 0.15) is 5.82 Å². The number of rotatable bonds is 6. The zero-order chi connectivity index (χ0) is 17.9. The normalized spacial score (nSPS) is 15.1. The molecule has 4 nitrogen and oxygen atoms in total. The van der Waals surface area contributed by atoms with E-state index in [0.717, 1.165) is 5.69 Å². The molecule has 0 heterocycles. The van der Waals surface area contributed by atoms with Crippen LogP contribution in [0.25, 0.3) is 0 Å². The van der Waals surface area contributed by atoms with Crippen LogP contribution in [-0.4, -0.2) is 25.3 Å². The van der Waals surface area contributed by atoms with Crippen molar-refractivity contribution < 1.29 is 18.6 Å². The molecule has 2 aromatic rings. The van der Waals surface area contributed by atoms with Crippen LogP contribution in [0.4, 0.5) is 10.1 Å². The third-order valence-corrected chi connectivity index (χ3v) is 6.27. The van der Waals surface area contributed by atoms with Gasteiger partial charge in [0.15, 0.2) is 5.85 Å². The average Bonchev–Trinajstić information content (AvgIpc) is 2.54. The van der Waals surface area contributed by atoms with Crippen molar-refractivity contribution in [3.05, 3.63) is 59.9 Å². The molecule has 0 aromatic heterocycles. The molecule has 0 aliphatic heterocycles. The minimum Gasteiger partial charge on any atom is -0.378 e. The Bertz CT molecular complexity index is 731. The molecule has 0 bridgehead atoms. The molecule has 2 rings (SSSR count). The predicted molar refractivity (Wildman–Crippen MR) is 95.6 cm³/mol. The highest BCUT2D eigenvalue weighted by atomic mass is 31.2. The number of benzene rings is 2. The van der Waals surface area contributed by atoms with E-state index in [1.807, 2.05) is 19.0 Å². The van der Waals surface area contributed by atoms with Gasteiger partial charge in [-0.1, -0.05) is 18.2 Å². The SMILES string of the molecule is CC(C)O[P@](=O)(c1ccc(N(C)C)cc1)[C@H](O)c1ccccc1F. The quantitative estimate of drug-likeness (QED) is 0.802. The Labute approximate surface area is 142 Å². The number of hydrogen-bond donors (Lipinski definition) is 1. The summed E-state index contributed by atoms with van der Waals surface area (Å²) in [6, 6.07) is 12.7. The second-order valence-electron chi connectivity index (χ2n) is 6.06. The summed E-state index contributed by atoms with van der Waals surface area (Å²) in [7, 11) is 0.0717. The predicted octanol–water partition coefficient (Wildman–Crippen LogP) is 3.91. The van der Waals surface area contributed by atoms with Crippen LogP contribution in [-0.2, 0) is 9.09 Å². The summed E-state index contributed by atoms with van der Waals surface area (Å²) in [5, 5.41) is 11.0. The molecule has 0 saturated heterocycles. The van der Waals surface area contributed by atoms with E-state index >= 15 is 0 Å².